The zero-order valence-corrected chi connectivity index (χ0v) is 19.1. The second-order valence-corrected chi connectivity index (χ2v) is 8.29. The van der Waals surface area contributed by atoms with Crippen LogP contribution < -0.4 is 10.2 Å². The molecular weight excluding hydrogens is 405 g/mol. The molecular formula is C22H36FN3O5. The number of benzene rings is 1. The number of hydrogen-bond donors (Lipinski definition) is 2. The van der Waals surface area contributed by atoms with Crippen molar-refractivity contribution in [1.82, 2.24) is 4.90 Å². The van der Waals surface area contributed by atoms with Crippen LogP contribution in [0.2, 0.25) is 0 Å². The van der Waals surface area contributed by atoms with Gasteiger partial charge in [-0.3, -0.25) is 0 Å². The van der Waals surface area contributed by atoms with Crippen LogP contribution >= 0.6 is 0 Å². The van der Waals surface area contributed by atoms with Gasteiger partial charge >= 0.3 is 6.03 Å². The molecule has 1 heterocycles. The van der Waals surface area contributed by atoms with E-state index >= 15 is 0 Å². The average Bonchev–Trinajstić information content (AvgIpc) is 2.66. The molecule has 2 amide bonds. The molecule has 1 fully saturated rings. The van der Waals surface area contributed by atoms with Crippen LogP contribution in [0.5, 0.6) is 0 Å². The minimum Gasteiger partial charge on any atom is -0.389 e. The number of aliphatic hydroxyl groups is 1. The number of likely N-dealkylation sites (N-methyl/N-ethyl adjacent to an activating group) is 1. The van der Waals surface area contributed by atoms with E-state index in [4.69, 9.17) is 14.2 Å². The van der Waals surface area contributed by atoms with Crippen molar-refractivity contribution >= 4 is 17.4 Å². The first kappa shape index (κ1) is 25.3. The predicted molar refractivity (Wildman–Crippen MR) is 118 cm³/mol. The van der Waals surface area contributed by atoms with Crippen molar-refractivity contribution in [3.8, 4) is 0 Å². The summed E-state index contributed by atoms with van der Waals surface area (Å²) in [7, 11) is 1.56. The average molecular weight is 442 g/mol. The zero-order chi connectivity index (χ0) is 23.0. The lowest BCUT2D eigenvalue weighted by molar-refractivity contribution is -0.0144. The fourth-order valence-corrected chi connectivity index (χ4v) is 3.45. The Morgan fingerprint density at radius 1 is 1.32 bits per heavy atom. The van der Waals surface area contributed by atoms with Crippen LogP contribution in [-0.4, -0.2) is 87.0 Å². The molecule has 0 aliphatic carbocycles. The molecule has 0 spiro atoms. The third-order valence-corrected chi connectivity index (χ3v) is 4.78. The van der Waals surface area contributed by atoms with Crippen molar-refractivity contribution in [1.29, 1.82) is 0 Å². The van der Waals surface area contributed by atoms with E-state index in [1.807, 2.05) is 32.6 Å². The number of hydrogen-bond acceptors (Lipinski definition) is 6. The molecule has 8 nitrogen and oxygen atoms in total. The molecule has 0 saturated carbocycles. The first-order chi connectivity index (χ1) is 14.7. The van der Waals surface area contributed by atoms with E-state index in [2.05, 4.69) is 5.32 Å². The van der Waals surface area contributed by atoms with Crippen molar-refractivity contribution in [2.24, 2.45) is 0 Å². The van der Waals surface area contributed by atoms with Gasteiger partial charge in [0.1, 0.15) is 5.82 Å². The molecule has 1 aromatic carbocycles. The van der Waals surface area contributed by atoms with Gasteiger partial charge in [-0.15, -0.1) is 0 Å². The Bertz CT molecular complexity index is 696. The molecule has 1 saturated heterocycles. The largest absolute Gasteiger partial charge is 0.389 e. The van der Waals surface area contributed by atoms with Crippen LogP contribution in [0, 0.1) is 5.82 Å². The van der Waals surface area contributed by atoms with Gasteiger partial charge in [-0.25, -0.2) is 9.18 Å². The van der Waals surface area contributed by atoms with Gasteiger partial charge in [0, 0.05) is 25.8 Å². The topological polar surface area (TPSA) is 83.5 Å². The molecule has 31 heavy (non-hydrogen) atoms. The van der Waals surface area contributed by atoms with Crippen molar-refractivity contribution in [2.75, 3.05) is 56.7 Å². The Kier molecular flexibility index (Phi) is 9.95. The quantitative estimate of drug-likeness (QED) is 0.543. The summed E-state index contributed by atoms with van der Waals surface area (Å²) >= 11 is 0. The summed E-state index contributed by atoms with van der Waals surface area (Å²) in [6.07, 6.45) is -0.661. The van der Waals surface area contributed by atoms with E-state index in [1.165, 1.54) is 11.0 Å². The highest BCUT2D eigenvalue weighted by Crippen LogP contribution is 2.26. The van der Waals surface area contributed by atoms with Crippen molar-refractivity contribution in [3.63, 3.8) is 0 Å². The lowest BCUT2D eigenvalue weighted by Gasteiger charge is -2.37. The Labute approximate surface area is 184 Å². The van der Waals surface area contributed by atoms with Gasteiger partial charge in [-0.2, -0.15) is 0 Å². The first-order valence-electron chi connectivity index (χ1n) is 10.7. The number of anilines is 2. The number of ether oxygens (including phenoxy) is 3. The number of nitrogens with one attached hydrogen (secondary N) is 1. The molecule has 9 heteroatoms. The van der Waals surface area contributed by atoms with Crippen LogP contribution in [0.15, 0.2) is 18.2 Å². The summed E-state index contributed by atoms with van der Waals surface area (Å²) in [5, 5.41) is 12.7. The van der Waals surface area contributed by atoms with Crippen molar-refractivity contribution in [2.45, 2.75) is 52.1 Å². The highest BCUT2D eigenvalue weighted by molar-refractivity contribution is 5.89. The second-order valence-electron chi connectivity index (χ2n) is 8.29. The molecule has 1 aliphatic heterocycles. The molecule has 0 aromatic heterocycles. The fraction of sp³-hybridized carbons (Fsp3) is 0.682. The molecule has 2 rings (SSSR count). The van der Waals surface area contributed by atoms with Crippen LogP contribution in [0.3, 0.4) is 0 Å². The first-order valence-corrected chi connectivity index (χ1v) is 10.7. The zero-order valence-electron chi connectivity index (χ0n) is 19.1. The third kappa shape index (κ3) is 8.60. The standard InChI is InChI=1S/C22H36FN3O5/c1-15(2)30-9-8-29-14-19(27)13-25(5)22(28)24-18-6-7-21(20(23)10-18)26-11-16(3)31-17(4)12-26/h6-7,10,15-17,19,27H,8-9,11-14H2,1-5H3,(H,24,28)/t16-,17-,19-/m1/s1. The highest BCUT2D eigenvalue weighted by atomic mass is 19.1. The number of urea groups is 1. The van der Waals surface area contributed by atoms with Gasteiger partial charge < -0.3 is 34.4 Å². The molecule has 0 bridgehead atoms. The SMILES string of the molecule is CC(C)OCCOC[C@H](O)CN(C)C(=O)Nc1ccc(N2C[C@@H](C)O[C@H](C)C2)c(F)c1. The number of nitrogens with zero attached hydrogens (tertiary/aromatic N) is 2. The summed E-state index contributed by atoms with van der Waals surface area (Å²) in [6, 6.07) is 4.20. The van der Waals surface area contributed by atoms with E-state index in [-0.39, 0.29) is 31.5 Å². The van der Waals surface area contributed by atoms with Crippen LogP contribution in [-0.2, 0) is 14.2 Å². The van der Waals surface area contributed by atoms with Gasteiger partial charge in [0.15, 0.2) is 0 Å². The number of halogens is 1. The summed E-state index contributed by atoms with van der Waals surface area (Å²) in [6.45, 7) is 10.0. The van der Waals surface area contributed by atoms with Crippen LogP contribution in [0.4, 0.5) is 20.6 Å². The Morgan fingerprint density at radius 3 is 2.61 bits per heavy atom. The number of morpholine rings is 1. The van der Waals surface area contributed by atoms with Gasteiger partial charge in [-0.05, 0) is 45.9 Å². The number of rotatable bonds is 10. The smallest absolute Gasteiger partial charge is 0.321 e. The van der Waals surface area contributed by atoms with Gasteiger partial charge in [0.05, 0.1) is 56.5 Å². The summed E-state index contributed by atoms with van der Waals surface area (Å²) < 4.78 is 31.1. The van der Waals surface area contributed by atoms with E-state index in [0.717, 1.165) is 0 Å². The molecule has 3 atom stereocenters. The Morgan fingerprint density at radius 2 is 2.00 bits per heavy atom. The number of carbonyl (C=O) groups excluding carboxylic acids is 1. The summed E-state index contributed by atoms with van der Waals surface area (Å²) in [4.78, 5) is 15.7. The van der Waals surface area contributed by atoms with Gasteiger partial charge in [0.2, 0.25) is 0 Å². The molecule has 0 unspecified atom stereocenters. The maximum Gasteiger partial charge on any atom is 0.321 e. The number of amides is 2. The number of carbonyl (C=O) groups is 1. The summed E-state index contributed by atoms with van der Waals surface area (Å²) in [5.74, 6) is -0.404. The lowest BCUT2D eigenvalue weighted by Crippen LogP contribution is -2.45. The van der Waals surface area contributed by atoms with Gasteiger partial charge in [0.25, 0.3) is 0 Å². The molecule has 1 aliphatic rings. The molecule has 176 valence electrons. The second kappa shape index (κ2) is 12.2. The maximum atomic E-state index is 14.7. The summed E-state index contributed by atoms with van der Waals surface area (Å²) in [5.41, 5.74) is 0.839. The Hall–Kier alpha value is -1.94. The third-order valence-electron chi connectivity index (χ3n) is 4.78. The normalized spacial score (nSPS) is 20.1. The number of aliphatic hydroxyl groups excluding tert-OH is 1. The molecule has 0 radical (unpaired) electrons. The van der Waals surface area contributed by atoms with E-state index < -0.39 is 18.0 Å². The van der Waals surface area contributed by atoms with E-state index in [1.54, 1.807) is 19.2 Å². The van der Waals surface area contributed by atoms with Gasteiger partial charge in [-0.1, -0.05) is 0 Å². The minimum absolute atomic E-state index is 0.0225. The minimum atomic E-state index is -0.834. The van der Waals surface area contributed by atoms with Crippen LogP contribution in [0.25, 0.3) is 0 Å². The monoisotopic (exact) mass is 441 g/mol. The molecule has 2 N–H and O–H groups in total. The highest BCUT2D eigenvalue weighted by Gasteiger charge is 2.24. The lowest BCUT2D eigenvalue weighted by atomic mass is 10.2. The molecule has 1 aromatic rings. The van der Waals surface area contributed by atoms with E-state index in [9.17, 15) is 14.3 Å². The van der Waals surface area contributed by atoms with Crippen LogP contribution in [0.1, 0.15) is 27.7 Å². The Balaban J connectivity index is 1.81. The van der Waals surface area contributed by atoms with Crippen molar-refractivity contribution < 1.29 is 28.5 Å². The fourth-order valence-electron chi connectivity index (χ4n) is 3.45. The maximum absolute atomic E-state index is 14.7. The predicted octanol–water partition coefficient (Wildman–Crippen LogP) is 2.71. The van der Waals surface area contributed by atoms with Crippen molar-refractivity contribution in [3.05, 3.63) is 24.0 Å². The van der Waals surface area contributed by atoms with E-state index in [0.29, 0.717) is 37.7 Å².